The van der Waals surface area contributed by atoms with Gasteiger partial charge in [0.15, 0.2) is 5.78 Å². The van der Waals surface area contributed by atoms with Crippen molar-refractivity contribution < 1.29 is 19.1 Å². The number of nitrogens with zero attached hydrogens (tertiary/aromatic N) is 1. The lowest BCUT2D eigenvalue weighted by atomic mass is 9.90. The van der Waals surface area contributed by atoms with Crippen LogP contribution in [0.3, 0.4) is 0 Å². The Hall–Kier alpha value is -2.86. The van der Waals surface area contributed by atoms with Crippen LogP contribution in [-0.4, -0.2) is 36.3 Å². The summed E-state index contributed by atoms with van der Waals surface area (Å²) in [6.45, 7) is 3.15. The molecule has 2 aromatic carbocycles. The number of methoxy groups -OCH3 is 1. The van der Waals surface area contributed by atoms with Crippen molar-refractivity contribution in [1.82, 2.24) is 10.2 Å². The Kier molecular flexibility index (Phi) is 4.93. The highest BCUT2D eigenvalue weighted by molar-refractivity contribution is 6.30. The SMILES string of the molecule is COc1ccc(C2(C)NC(=O)N(CC(=O)c3ccc(Cl)cc3)C2=O)cc1C. The fourth-order valence-electron chi connectivity index (χ4n) is 3.10. The molecule has 1 saturated heterocycles. The van der Waals surface area contributed by atoms with Gasteiger partial charge in [0.1, 0.15) is 11.3 Å². The standard InChI is InChI=1S/C20H19ClN2O4/c1-12-10-14(6-9-17(12)27-3)20(2)18(25)23(19(26)22-20)11-16(24)13-4-7-15(21)8-5-13/h4-10H,11H2,1-3H3,(H,22,26). The number of urea groups is 1. The van der Waals surface area contributed by atoms with Crippen molar-refractivity contribution in [3.05, 3.63) is 64.2 Å². The number of amides is 3. The van der Waals surface area contributed by atoms with E-state index >= 15 is 0 Å². The molecule has 6 nitrogen and oxygen atoms in total. The number of ether oxygens (including phenoxy) is 1. The number of rotatable bonds is 5. The predicted octanol–water partition coefficient (Wildman–Crippen LogP) is 3.31. The Morgan fingerprint density at radius 3 is 2.44 bits per heavy atom. The van der Waals surface area contributed by atoms with E-state index in [2.05, 4.69) is 5.32 Å². The maximum atomic E-state index is 13.0. The van der Waals surface area contributed by atoms with Gasteiger partial charge in [-0.05, 0) is 61.4 Å². The van der Waals surface area contributed by atoms with Crippen LogP contribution in [0.1, 0.15) is 28.4 Å². The third-order valence-electron chi connectivity index (χ3n) is 4.72. The van der Waals surface area contributed by atoms with Crippen LogP contribution in [0.5, 0.6) is 5.75 Å². The highest BCUT2D eigenvalue weighted by Gasteiger charge is 2.49. The fraction of sp³-hybridized carbons (Fsp3) is 0.250. The number of halogens is 1. The third kappa shape index (κ3) is 3.40. The highest BCUT2D eigenvalue weighted by atomic mass is 35.5. The van der Waals surface area contributed by atoms with E-state index in [1.807, 2.05) is 6.92 Å². The Bertz CT molecular complexity index is 926. The molecule has 1 N–H and O–H groups in total. The van der Waals surface area contributed by atoms with E-state index in [-0.39, 0.29) is 12.3 Å². The normalized spacial score (nSPS) is 19.2. The van der Waals surface area contributed by atoms with Gasteiger partial charge in [-0.2, -0.15) is 0 Å². The second kappa shape index (κ2) is 7.04. The second-order valence-electron chi connectivity index (χ2n) is 6.56. The third-order valence-corrected chi connectivity index (χ3v) is 4.97. The number of Topliss-reactive ketones (excluding diaryl/α,β-unsaturated/α-hetero) is 1. The van der Waals surface area contributed by atoms with E-state index in [1.54, 1.807) is 56.5 Å². The summed E-state index contributed by atoms with van der Waals surface area (Å²) in [6.07, 6.45) is 0. The molecule has 1 heterocycles. The average Bonchev–Trinajstić information content (AvgIpc) is 2.86. The van der Waals surface area contributed by atoms with Gasteiger partial charge in [0.2, 0.25) is 0 Å². The lowest BCUT2D eigenvalue weighted by Crippen LogP contribution is -2.41. The van der Waals surface area contributed by atoms with E-state index in [0.717, 1.165) is 10.5 Å². The average molecular weight is 387 g/mol. The lowest BCUT2D eigenvalue weighted by molar-refractivity contribution is -0.130. The molecule has 1 atom stereocenters. The maximum absolute atomic E-state index is 13.0. The van der Waals surface area contributed by atoms with Crippen molar-refractivity contribution >= 4 is 29.3 Å². The van der Waals surface area contributed by atoms with Gasteiger partial charge >= 0.3 is 6.03 Å². The topological polar surface area (TPSA) is 75.7 Å². The van der Waals surface area contributed by atoms with Crippen molar-refractivity contribution in [3.8, 4) is 5.75 Å². The molecule has 3 amide bonds. The van der Waals surface area contributed by atoms with Crippen LogP contribution < -0.4 is 10.1 Å². The fourth-order valence-corrected chi connectivity index (χ4v) is 3.22. The first kappa shape index (κ1) is 18.9. The van der Waals surface area contributed by atoms with Crippen LogP contribution in [0.2, 0.25) is 5.02 Å². The Balaban J connectivity index is 1.84. The van der Waals surface area contributed by atoms with Gasteiger partial charge in [-0.1, -0.05) is 17.7 Å². The largest absolute Gasteiger partial charge is 0.496 e. The van der Waals surface area contributed by atoms with Crippen LogP contribution in [0, 0.1) is 6.92 Å². The number of imide groups is 1. The van der Waals surface area contributed by atoms with Gasteiger partial charge < -0.3 is 10.1 Å². The van der Waals surface area contributed by atoms with Crippen molar-refractivity contribution in [3.63, 3.8) is 0 Å². The van der Waals surface area contributed by atoms with Crippen molar-refractivity contribution in [2.24, 2.45) is 0 Å². The van der Waals surface area contributed by atoms with Gasteiger partial charge in [-0.3, -0.25) is 14.5 Å². The molecule has 27 heavy (non-hydrogen) atoms. The summed E-state index contributed by atoms with van der Waals surface area (Å²) < 4.78 is 5.24. The van der Waals surface area contributed by atoms with Gasteiger partial charge in [-0.15, -0.1) is 0 Å². The van der Waals surface area contributed by atoms with Crippen LogP contribution in [0.15, 0.2) is 42.5 Å². The van der Waals surface area contributed by atoms with Gasteiger partial charge in [0, 0.05) is 10.6 Å². The quantitative estimate of drug-likeness (QED) is 0.631. The minimum Gasteiger partial charge on any atom is -0.496 e. The molecule has 0 spiro atoms. The van der Waals surface area contributed by atoms with Crippen molar-refractivity contribution in [2.45, 2.75) is 19.4 Å². The van der Waals surface area contributed by atoms with Crippen LogP contribution in [0.25, 0.3) is 0 Å². The number of ketones is 1. The number of nitrogens with one attached hydrogen (secondary N) is 1. The lowest BCUT2D eigenvalue weighted by Gasteiger charge is -2.23. The van der Waals surface area contributed by atoms with E-state index in [4.69, 9.17) is 16.3 Å². The molecular weight excluding hydrogens is 368 g/mol. The maximum Gasteiger partial charge on any atom is 0.325 e. The van der Waals surface area contributed by atoms with Gasteiger partial charge in [-0.25, -0.2) is 4.79 Å². The Labute approximate surface area is 162 Å². The van der Waals surface area contributed by atoms with E-state index in [9.17, 15) is 14.4 Å². The summed E-state index contributed by atoms with van der Waals surface area (Å²) in [5.41, 5.74) is 0.609. The second-order valence-corrected chi connectivity index (χ2v) is 7.00. The molecule has 1 unspecified atom stereocenters. The Morgan fingerprint density at radius 1 is 1.19 bits per heavy atom. The summed E-state index contributed by atoms with van der Waals surface area (Å²) in [4.78, 5) is 38.8. The zero-order valence-electron chi connectivity index (χ0n) is 15.2. The molecule has 7 heteroatoms. The molecule has 1 aliphatic rings. The van der Waals surface area contributed by atoms with Crippen molar-refractivity contribution in [2.75, 3.05) is 13.7 Å². The molecule has 140 valence electrons. The number of hydrogen-bond acceptors (Lipinski definition) is 4. The smallest absolute Gasteiger partial charge is 0.325 e. The summed E-state index contributed by atoms with van der Waals surface area (Å²) in [5, 5.41) is 3.20. The molecule has 0 saturated carbocycles. The van der Waals surface area contributed by atoms with Gasteiger partial charge in [0.25, 0.3) is 5.91 Å². The number of benzene rings is 2. The molecule has 1 aliphatic heterocycles. The summed E-state index contributed by atoms with van der Waals surface area (Å²) >= 11 is 5.82. The highest BCUT2D eigenvalue weighted by Crippen LogP contribution is 2.31. The summed E-state index contributed by atoms with van der Waals surface area (Å²) in [7, 11) is 1.57. The first-order valence-electron chi connectivity index (χ1n) is 8.34. The summed E-state index contributed by atoms with van der Waals surface area (Å²) in [6, 6.07) is 11.0. The first-order chi connectivity index (χ1) is 12.8. The van der Waals surface area contributed by atoms with E-state index < -0.39 is 17.5 Å². The van der Waals surface area contributed by atoms with Crippen LogP contribution in [0.4, 0.5) is 4.79 Å². The first-order valence-corrected chi connectivity index (χ1v) is 8.72. The molecule has 0 radical (unpaired) electrons. The zero-order chi connectivity index (χ0) is 19.8. The molecule has 0 aliphatic carbocycles. The number of carbonyl (C=O) groups excluding carboxylic acids is 3. The number of carbonyl (C=O) groups is 3. The molecular formula is C20H19ClN2O4. The molecule has 3 rings (SSSR count). The van der Waals surface area contributed by atoms with Crippen molar-refractivity contribution in [1.29, 1.82) is 0 Å². The van der Waals surface area contributed by atoms with Crippen LogP contribution in [-0.2, 0) is 10.3 Å². The van der Waals surface area contributed by atoms with E-state index in [1.165, 1.54) is 0 Å². The zero-order valence-corrected chi connectivity index (χ0v) is 16.0. The van der Waals surface area contributed by atoms with Gasteiger partial charge in [0.05, 0.1) is 13.7 Å². The monoisotopic (exact) mass is 386 g/mol. The molecule has 0 aromatic heterocycles. The minimum absolute atomic E-state index is 0.336. The molecule has 2 aromatic rings. The number of hydrogen-bond donors (Lipinski definition) is 1. The minimum atomic E-state index is -1.24. The molecule has 0 bridgehead atoms. The summed E-state index contributed by atoms with van der Waals surface area (Å²) in [5.74, 6) is -0.126. The van der Waals surface area contributed by atoms with Crippen LogP contribution >= 0.6 is 11.6 Å². The Morgan fingerprint density at radius 2 is 1.85 bits per heavy atom. The number of aryl methyl sites for hydroxylation is 1. The molecule has 1 fully saturated rings. The predicted molar refractivity (Wildman–Crippen MR) is 101 cm³/mol. The van der Waals surface area contributed by atoms with E-state index in [0.29, 0.717) is 21.9 Å².